The first-order chi connectivity index (χ1) is 9.21. The minimum Gasteiger partial charge on any atom is -0.444 e. The maximum atomic E-state index is 11.6. The molecule has 0 bridgehead atoms. The molecule has 0 aromatic heterocycles. The van der Waals surface area contributed by atoms with E-state index in [0.29, 0.717) is 6.54 Å². The van der Waals surface area contributed by atoms with Crippen LogP contribution in [0.5, 0.6) is 0 Å². The van der Waals surface area contributed by atoms with Crippen molar-refractivity contribution >= 4 is 22.0 Å². The van der Waals surface area contributed by atoms with Gasteiger partial charge in [0, 0.05) is 11.0 Å². The Morgan fingerprint density at radius 1 is 1.40 bits per heavy atom. The number of alkyl carbamates (subject to hydrolysis) is 1. The zero-order valence-corrected chi connectivity index (χ0v) is 14.8. The minimum atomic E-state index is -0.490. The molecule has 114 valence electrons. The third-order valence-electron chi connectivity index (χ3n) is 2.37. The van der Waals surface area contributed by atoms with Crippen LogP contribution in [0.1, 0.15) is 47.5 Å². The number of halogens is 1. The Bertz CT molecular complexity index is 403. The van der Waals surface area contributed by atoms with Crippen LogP contribution in [-0.4, -0.2) is 18.2 Å². The molecule has 20 heavy (non-hydrogen) atoms. The minimum absolute atomic E-state index is 0.368. The monoisotopic (exact) mass is 343 g/mol. The summed E-state index contributed by atoms with van der Waals surface area (Å²) in [7, 11) is 0. The summed E-state index contributed by atoms with van der Waals surface area (Å²) in [6, 6.07) is 0. The Kier molecular flexibility index (Phi) is 8.54. The molecule has 0 spiro atoms. The zero-order valence-electron chi connectivity index (χ0n) is 13.2. The van der Waals surface area contributed by atoms with Crippen LogP contribution in [0.4, 0.5) is 4.79 Å². The summed E-state index contributed by atoms with van der Waals surface area (Å²) >= 11 is 3.52. The van der Waals surface area contributed by atoms with Gasteiger partial charge >= 0.3 is 6.09 Å². The Labute approximate surface area is 131 Å². The molecule has 0 radical (unpaired) electrons. The summed E-state index contributed by atoms with van der Waals surface area (Å²) in [5.74, 6) is 0. The number of hydrogen-bond acceptors (Lipinski definition) is 2. The highest BCUT2D eigenvalue weighted by Gasteiger charge is 2.16. The lowest BCUT2D eigenvalue weighted by Gasteiger charge is -2.20. The topological polar surface area (TPSA) is 38.3 Å². The molecule has 3 nitrogen and oxygen atoms in total. The van der Waals surface area contributed by atoms with Gasteiger partial charge in [0.05, 0.1) is 0 Å². The lowest BCUT2D eigenvalue weighted by Crippen LogP contribution is -2.33. The summed E-state index contributed by atoms with van der Waals surface area (Å²) in [5, 5.41) is 2.73. The van der Waals surface area contributed by atoms with Gasteiger partial charge in [0.25, 0.3) is 0 Å². The molecule has 0 aromatic carbocycles. The second-order valence-electron chi connectivity index (χ2n) is 5.50. The SMILES string of the molecule is C=C(CNC(=O)OC(C)(C)C)C(=CCCC)C(Br)=CC. The van der Waals surface area contributed by atoms with E-state index in [2.05, 4.69) is 40.8 Å². The fourth-order valence-electron chi connectivity index (χ4n) is 1.44. The summed E-state index contributed by atoms with van der Waals surface area (Å²) in [6.07, 6.45) is 5.72. The Balaban J connectivity index is 4.60. The molecule has 0 rings (SSSR count). The van der Waals surface area contributed by atoms with Gasteiger partial charge in [-0.1, -0.05) is 48.0 Å². The van der Waals surface area contributed by atoms with Gasteiger partial charge in [-0.05, 0) is 45.3 Å². The van der Waals surface area contributed by atoms with Crippen molar-refractivity contribution in [1.29, 1.82) is 0 Å². The molecule has 0 aliphatic rings. The van der Waals surface area contributed by atoms with Crippen LogP contribution in [-0.2, 0) is 4.74 Å². The van der Waals surface area contributed by atoms with Crippen molar-refractivity contribution in [3.8, 4) is 0 Å². The number of amides is 1. The molecule has 0 saturated carbocycles. The maximum Gasteiger partial charge on any atom is 0.407 e. The van der Waals surface area contributed by atoms with Gasteiger partial charge < -0.3 is 10.1 Å². The molecular weight excluding hydrogens is 318 g/mol. The van der Waals surface area contributed by atoms with E-state index in [0.717, 1.165) is 28.5 Å². The molecule has 0 aliphatic heterocycles. The van der Waals surface area contributed by atoms with E-state index >= 15 is 0 Å². The number of nitrogens with one attached hydrogen (secondary N) is 1. The van der Waals surface area contributed by atoms with E-state index in [1.807, 2.05) is 33.8 Å². The quantitative estimate of drug-likeness (QED) is 0.682. The Morgan fingerprint density at radius 2 is 2.00 bits per heavy atom. The second kappa shape index (κ2) is 9.01. The smallest absolute Gasteiger partial charge is 0.407 e. The molecule has 0 fully saturated rings. The third kappa shape index (κ3) is 8.20. The van der Waals surface area contributed by atoms with Crippen LogP contribution in [0.25, 0.3) is 0 Å². The van der Waals surface area contributed by atoms with E-state index < -0.39 is 11.7 Å². The highest BCUT2D eigenvalue weighted by molar-refractivity contribution is 9.12. The van der Waals surface area contributed by atoms with Gasteiger partial charge in [-0.15, -0.1) is 0 Å². The summed E-state index contributed by atoms with van der Waals surface area (Å²) in [5.41, 5.74) is 1.40. The molecule has 0 atom stereocenters. The summed E-state index contributed by atoms with van der Waals surface area (Å²) < 4.78 is 6.19. The van der Waals surface area contributed by atoms with Crippen molar-refractivity contribution in [3.63, 3.8) is 0 Å². The predicted octanol–water partition coefficient (Wildman–Crippen LogP) is 5.09. The lowest BCUT2D eigenvalue weighted by atomic mass is 10.1. The van der Waals surface area contributed by atoms with Crippen LogP contribution < -0.4 is 5.32 Å². The van der Waals surface area contributed by atoms with E-state index in [4.69, 9.17) is 4.74 Å². The maximum absolute atomic E-state index is 11.6. The lowest BCUT2D eigenvalue weighted by molar-refractivity contribution is 0.0533. The van der Waals surface area contributed by atoms with E-state index in [1.165, 1.54) is 0 Å². The Morgan fingerprint density at radius 3 is 2.45 bits per heavy atom. The number of ether oxygens (including phenoxy) is 1. The van der Waals surface area contributed by atoms with Crippen molar-refractivity contribution in [1.82, 2.24) is 5.32 Å². The molecule has 0 aromatic rings. The van der Waals surface area contributed by atoms with Crippen LogP contribution in [0, 0.1) is 0 Å². The standard InChI is InChI=1S/C16H26BrNO2/c1-7-9-10-13(14(17)8-2)12(3)11-18-15(19)20-16(4,5)6/h8,10H,3,7,9,11H2,1-2,4-6H3,(H,18,19). The van der Waals surface area contributed by atoms with Gasteiger partial charge in [-0.25, -0.2) is 4.79 Å². The molecule has 0 aliphatic carbocycles. The van der Waals surface area contributed by atoms with Crippen LogP contribution in [0.15, 0.2) is 34.4 Å². The first kappa shape index (κ1) is 19.0. The fraction of sp³-hybridized carbons (Fsp3) is 0.562. The molecule has 1 amide bonds. The van der Waals surface area contributed by atoms with Crippen LogP contribution in [0.3, 0.4) is 0 Å². The molecule has 1 N–H and O–H groups in total. The number of carbonyl (C=O) groups excluding carboxylic acids is 1. The van der Waals surface area contributed by atoms with Crippen molar-refractivity contribution in [3.05, 3.63) is 34.4 Å². The van der Waals surface area contributed by atoms with Crippen molar-refractivity contribution < 1.29 is 9.53 Å². The first-order valence-corrected chi connectivity index (χ1v) is 7.68. The molecular formula is C16H26BrNO2. The zero-order chi connectivity index (χ0) is 15.8. The van der Waals surface area contributed by atoms with Crippen molar-refractivity contribution in [2.24, 2.45) is 0 Å². The number of allylic oxidation sites excluding steroid dienone is 3. The highest BCUT2D eigenvalue weighted by atomic mass is 79.9. The summed E-state index contributed by atoms with van der Waals surface area (Å²) in [6.45, 7) is 14.0. The highest BCUT2D eigenvalue weighted by Crippen LogP contribution is 2.24. The fourth-order valence-corrected chi connectivity index (χ4v) is 1.89. The Hall–Kier alpha value is -1.03. The van der Waals surface area contributed by atoms with E-state index in [9.17, 15) is 4.79 Å². The summed E-state index contributed by atoms with van der Waals surface area (Å²) in [4.78, 5) is 11.6. The van der Waals surface area contributed by atoms with Gasteiger partial charge in [0.15, 0.2) is 0 Å². The molecule has 0 saturated heterocycles. The largest absolute Gasteiger partial charge is 0.444 e. The molecule has 4 heteroatoms. The predicted molar refractivity (Wildman–Crippen MR) is 89.1 cm³/mol. The number of unbranched alkanes of at least 4 members (excludes halogenated alkanes) is 1. The van der Waals surface area contributed by atoms with Gasteiger partial charge in [-0.3, -0.25) is 0 Å². The normalized spacial score (nSPS) is 13.1. The van der Waals surface area contributed by atoms with E-state index in [1.54, 1.807) is 0 Å². The molecule has 0 heterocycles. The van der Waals surface area contributed by atoms with Crippen molar-refractivity contribution in [2.45, 2.75) is 53.1 Å². The van der Waals surface area contributed by atoms with Gasteiger partial charge in [0.2, 0.25) is 0 Å². The van der Waals surface area contributed by atoms with E-state index in [-0.39, 0.29) is 0 Å². The number of hydrogen-bond donors (Lipinski definition) is 1. The van der Waals surface area contributed by atoms with Gasteiger partial charge in [0.1, 0.15) is 5.60 Å². The number of rotatable bonds is 6. The van der Waals surface area contributed by atoms with Crippen LogP contribution >= 0.6 is 15.9 Å². The third-order valence-corrected chi connectivity index (χ3v) is 3.26. The van der Waals surface area contributed by atoms with Gasteiger partial charge in [-0.2, -0.15) is 0 Å². The number of carbonyl (C=O) groups is 1. The molecule has 0 unspecified atom stereocenters. The average Bonchev–Trinajstić information content (AvgIpc) is 2.34. The second-order valence-corrected chi connectivity index (χ2v) is 6.36. The average molecular weight is 344 g/mol. The van der Waals surface area contributed by atoms with Crippen molar-refractivity contribution in [2.75, 3.05) is 6.54 Å². The van der Waals surface area contributed by atoms with Crippen LogP contribution in [0.2, 0.25) is 0 Å². The first-order valence-electron chi connectivity index (χ1n) is 6.88.